The number of benzene rings is 3. The molecule has 23 heavy (non-hydrogen) atoms. The third-order valence-corrected chi connectivity index (χ3v) is 3.91. The van der Waals surface area contributed by atoms with Gasteiger partial charge in [-0.1, -0.05) is 66.7 Å². The highest BCUT2D eigenvalue weighted by Gasteiger charge is 2.09. The minimum atomic E-state index is -0.130. The SMILES string of the molecule is O=C(C=Cc1cccc2ccccc12)c1cc2ccccc2o1. The molecule has 3 aromatic carbocycles. The summed E-state index contributed by atoms with van der Waals surface area (Å²) in [6.45, 7) is 0. The minimum Gasteiger partial charge on any atom is -0.453 e. The van der Waals surface area contributed by atoms with E-state index in [4.69, 9.17) is 4.42 Å². The van der Waals surface area contributed by atoms with Gasteiger partial charge in [0.25, 0.3) is 0 Å². The van der Waals surface area contributed by atoms with Crippen LogP contribution in [0.3, 0.4) is 0 Å². The number of carbonyl (C=O) groups is 1. The van der Waals surface area contributed by atoms with E-state index in [0.717, 1.165) is 27.3 Å². The highest BCUT2D eigenvalue weighted by atomic mass is 16.3. The van der Waals surface area contributed by atoms with Gasteiger partial charge in [0.2, 0.25) is 5.78 Å². The molecule has 110 valence electrons. The molecule has 0 bridgehead atoms. The van der Waals surface area contributed by atoms with E-state index >= 15 is 0 Å². The summed E-state index contributed by atoms with van der Waals surface area (Å²) in [7, 11) is 0. The lowest BCUT2D eigenvalue weighted by Gasteiger charge is -2.01. The van der Waals surface area contributed by atoms with Crippen molar-refractivity contribution < 1.29 is 9.21 Å². The quantitative estimate of drug-likeness (QED) is 0.370. The molecule has 1 aromatic heterocycles. The number of rotatable bonds is 3. The van der Waals surface area contributed by atoms with Crippen molar-refractivity contribution in [2.75, 3.05) is 0 Å². The highest BCUT2D eigenvalue weighted by molar-refractivity contribution is 6.07. The summed E-state index contributed by atoms with van der Waals surface area (Å²) >= 11 is 0. The van der Waals surface area contributed by atoms with Crippen LogP contribution in [-0.2, 0) is 0 Å². The molecule has 0 amide bonds. The Labute approximate surface area is 133 Å². The number of hydrogen-bond donors (Lipinski definition) is 0. The van der Waals surface area contributed by atoms with E-state index in [1.54, 1.807) is 12.1 Å². The average Bonchev–Trinajstić information content (AvgIpc) is 3.04. The molecule has 0 N–H and O–H groups in total. The maximum atomic E-state index is 12.3. The molecule has 0 saturated heterocycles. The predicted molar refractivity (Wildman–Crippen MR) is 93.5 cm³/mol. The first-order valence-electron chi connectivity index (χ1n) is 7.50. The van der Waals surface area contributed by atoms with Crippen molar-refractivity contribution in [1.29, 1.82) is 0 Å². The molecule has 0 radical (unpaired) electrons. The number of furan rings is 1. The molecule has 0 spiro atoms. The van der Waals surface area contributed by atoms with Crippen LogP contribution in [0.25, 0.3) is 27.8 Å². The standard InChI is InChI=1S/C21H14O2/c22-19(21-14-17-7-2-4-11-20(17)23-21)13-12-16-9-5-8-15-6-1-3-10-18(15)16/h1-14H. The van der Waals surface area contributed by atoms with Gasteiger partial charge in [-0.15, -0.1) is 0 Å². The van der Waals surface area contributed by atoms with E-state index in [1.165, 1.54) is 0 Å². The van der Waals surface area contributed by atoms with Gasteiger partial charge in [-0.25, -0.2) is 0 Å². The van der Waals surface area contributed by atoms with Gasteiger partial charge >= 0.3 is 0 Å². The molecule has 0 aliphatic rings. The molecule has 0 saturated carbocycles. The fourth-order valence-electron chi connectivity index (χ4n) is 2.75. The molecule has 2 heteroatoms. The van der Waals surface area contributed by atoms with Crippen molar-refractivity contribution in [1.82, 2.24) is 0 Å². The van der Waals surface area contributed by atoms with Crippen molar-refractivity contribution in [3.63, 3.8) is 0 Å². The van der Waals surface area contributed by atoms with E-state index in [9.17, 15) is 4.79 Å². The van der Waals surface area contributed by atoms with Crippen LogP contribution in [0.1, 0.15) is 16.1 Å². The van der Waals surface area contributed by atoms with Crippen molar-refractivity contribution in [2.45, 2.75) is 0 Å². The number of carbonyl (C=O) groups excluding carboxylic acids is 1. The zero-order valence-electron chi connectivity index (χ0n) is 12.4. The van der Waals surface area contributed by atoms with Gasteiger partial charge in [0.05, 0.1) is 0 Å². The van der Waals surface area contributed by atoms with Crippen LogP contribution < -0.4 is 0 Å². The van der Waals surface area contributed by atoms with Gasteiger partial charge in [0.1, 0.15) is 5.58 Å². The molecular weight excluding hydrogens is 284 g/mol. The molecule has 4 rings (SSSR count). The van der Waals surface area contributed by atoms with Gasteiger partial charge in [-0.3, -0.25) is 4.79 Å². The van der Waals surface area contributed by atoms with E-state index < -0.39 is 0 Å². The Bertz CT molecular complexity index is 1000. The van der Waals surface area contributed by atoms with Crippen LogP contribution in [0.5, 0.6) is 0 Å². The van der Waals surface area contributed by atoms with Crippen LogP contribution in [0.4, 0.5) is 0 Å². The third-order valence-electron chi connectivity index (χ3n) is 3.91. The number of allylic oxidation sites excluding steroid dienone is 1. The van der Waals surface area contributed by atoms with Crippen LogP contribution in [0.15, 0.2) is 83.3 Å². The Balaban J connectivity index is 1.68. The lowest BCUT2D eigenvalue weighted by atomic mass is 10.0. The van der Waals surface area contributed by atoms with E-state index in [2.05, 4.69) is 18.2 Å². The molecule has 2 nitrogen and oxygen atoms in total. The second-order valence-electron chi connectivity index (χ2n) is 5.41. The third kappa shape index (κ3) is 2.55. The molecule has 4 aromatic rings. The lowest BCUT2D eigenvalue weighted by molar-refractivity contribution is 0.102. The lowest BCUT2D eigenvalue weighted by Crippen LogP contribution is -1.90. The first-order valence-corrected chi connectivity index (χ1v) is 7.50. The molecule has 0 atom stereocenters. The van der Waals surface area contributed by atoms with Crippen LogP contribution in [0, 0.1) is 0 Å². The summed E-state index contributed by atoms with van der Waals surface area (Å²) in [5, 5.41) is 3.23. The normalized spacial score (nSPS) is 11.5. The number of hydrogen-bond acceptors (Lipinski definition) is 2. The zero-order chi connectivity index (χ0) is 15.6. The number of fused-ring (bicyclic) bond motifs is 2. The molecule has 0 aliphatic heterocycles. The zero-order valence-corrected chi connectivity index (χ0v) is 12.4. The van der Waals surface area contributed by atoms with Gasteiger partial charge in [0.15, 0.2) is 5.76 Å². The summed E-state index contributed by atoms with van der Waals surface area (Å²) in [5.41, 5.74) is 1.75. The van der Waals surface area contributed by atoms with Crippen molar-refractivity contribution in [3.05, 3.63) is 90.2 Å². The van der Waals surface area contributed by atoms with Crippen molar-refractivity contribution in [3.8, 4) is 0 Å². The maximum Gasteiger partial charge on any atom is 0.221 e. The second kappa shape index (κ2) is 5.58. The smallest absolute Gasteiger partial charge is 0.221 e. The number of ketones is 1. The highest BCUT2D eigenvalue weighted by Crippen LogP contribution is 2.22. The van der Waals surface area contributed by atoms with Gasteiger partial charge in [-0.2, -0.15) is 0 Å². The Kier molecular flexibility index (Phi) is 3.28. The van der Waals surface area contributed by atoms with E-state index in [1.807, 2.05) is 54.6 Å². The predicted octanol–water partition coefficient (Wildman–Crippen LogP) is 5.48. The van der Waals surface area contributed by atoms with E-state index in [-0.39, 0.29) is 5.78 Å². The molecule has 1 heterocycles. The molecule has 0 aliphatic carbocycles. The van der Waals surface area contributed by atoms with E-state index in [0.29, 0.717) is 5.76 Å². The second-order valence-corrected chi connectivity index (χ2v) is 5.41. The Morgan fingerprint density at radius 1 is 0.826 bits per heavy atom. The van der Waals surface area contributed by atoms with Crippen LogP contribution in [-0.4, -0.2) is 5.78 Å². The summed E-state index contributed by atoms with van der Waals surface area (Å²) in [6.07, 6.45) is 3.41. The van der Waals surface area contributed by atoms with Crippen molar-refractivity contribution in [2.24, 2.45) is 0 Å². The number of para-hydroxylation sites is 1. The van der Waals surface area contributed by atoms with Gasteiger partial charge < -0.3 is 4.42 Å². The largest absolute Gasteiger partial charge is 0.453 e. The summed E-state index contributed by atoms with van der Waals surface area (Å²) in [5.74, 6) is 0.233. The van der Waals surface area contributed by atoms with Gasteiger partial charge in [0, 0.05) is 5.39 Å². The Morgan fingerprint density at radius 3 is 2.43 bits per heavy atom. The average molecular weight is 298 g/mol. The fraction of sp³-hybridized carbons (Fsp3) is 0. The maximum absolute atomic E-state index is 12.3. The summed E-state index contributed by atoms with van der Waals surface area (Å²) in [4.78, 5) is 12.3. The molecular formula is C21H14O2. The van der Waals surface area contributed by atoms with Crippen LogP contribution >= 0.6 is 0 Å². The first-order chi connectivity index (χ1) is 11.3. The summed E-state index contributed by atoms with van der Waals surface area (Å²) in [6, 6.07) is 23.6. The first kappa shape index (κ1) is 13.5. The van der Waals surface area contributed by atoms with Crippen molar-refractivity contribution >= 4 is 33.6 Å². The van der Waals surface area contributed by atoms with Crippen LogP contribution in [0.2, 0.25) is 0 Å². The Hall–Kier alpha value is -3.13. The minimum absolute atomic E-state index is 0.130. The molecule has 0 fully saturated rings. The van der Waals surface area contributed by atoms with Gasteiger partial charge in [-0.05, 0) is 34.5 Å². The fourth-order valence-corrected chi connectivity index (χ4v) is 2.75. The summed E-state index contributed by atoms with van der Waals surface area (Å²) < 4.78 is 5.60. The molecule has 0 unspecified atom stereocenters. The topological polar surface area (TPSA) is 30.2 Å². The monoisotopic (exact) mass is 298 g/mol. The Morgan fingerprint density at radius 2 is 1.57 bits per heavy atom.